The van der Waals surface area contributed by atoms with Gasteiger partial charge in [0.2, 0.25) is 5.95 Å². The minimum absolute atomic E-state index is 0.549. The van der Waals surface area contributed by atoms with Crippen molar-refractivity contribution in [3.8, 4) is 5.75 Å². The number of methoxy groups -OCH3 is 1. The quantitative estimate of drug-likeness (QED) is 0.835. The van der Waals surface area contributed by atoms with Crippen molar-refractivity contribution >= 4 is 49.3 Å². The van der Waals surface area contributed by atoms with E-state index in [9.17, 15) is 0 Å². The molecule has 0 aliphatic heterocycles. The van der Waals surface area contributed by atoms with Crippen molar-refractivity contribution in [3.05, 3.63) is 33.3 Å². The van der Waals surface area contributed by atoms with Crippen molar-refractivity contribution in [2.24, 2.45) is 0 Å². The number of benzene rings is 1. The Morgan fingerprint density at radius 1 is 1.21 bits per heavy atom. The molecule has 19 heavy (non-hydrogen) atoms. The molecule has 2 aromatic rings. The number of aromatic nitrogens is 2. The molecule has 0 saturated carbocycles. The van der Waals surface area contributed by atoms with Gasteiger partial charge in [-0.2, -0.15) is 4.98 Å². The lowest BCUT2D eigenvalue weighted by Gasteiger charge is -2.10. The van der Waals surface area contributed by atoms with Crippen LogP contribution in [0.15, 0.2) is 33.3 Å². The lowest BCUT2D eigenvalue weighted by Crippen LogP contribution is -2.01. The van der Waals surface area contributed by atoms with Gasteiger partial charge in [0.15, 0.2) is 0 Å². The number of hydrogen-bond donors (Lipinski definition) is 2. The summed E-state index contributed by atoms with van der Waals surface area (Å²) < 4.78 is 6.93. The number of ether oxygens (including phenoxy) is 1. The van der Waals surface area contributed by atoms with Crippen molar-refractivity contribution in [1.29, 1.82) is 0 Å². The number of rotatable bonds is 4. The van der Waals surface area contributed by atoms with Crippen molar-refractivity contribution in [2.45, 2.75) is 0 Å². The molecule has 0 amide bonds. The van der Waals surface area contributed by atoms with Crippen LogP contribution in [0, 0.1) is 0 Å². The van der Waals surface area contributed by atoms with Gasteiger partial charge in [0.1, 0.15) is 11.6 Å². The molecule has 0 spiro atoms. The van der Waals surface area contributed by atoms with Crippen LogP contribution in [0.4, 0.5) is 17.5 Å². The molecule has 0 atom stereocenters. The molecule has 0 radical (unpaired) electrons. The average molecular weight is 388 g/mol. The molecule has 1 aromatic carbocycles. The molecule has 7 heteroatoms. The van der Waals surface area contributed by atoms with Crippen LogP contribution in [0.25, 0.3) is 0 Å². The molecule has 1 heterocycles. The Labute approximate surface area is 128 Å². The lowest BCUT2D eigenvalue weighted by atomic mass is 10.3. The van der Waals surface area contributed by atoms with Crippen LogP contribution in [0.5, 0.6) is 5.75 Å². The van der Waals surface area contributed by atoms with E-state index in [2.05, 4.69) is 52.5 Å². The van der Waals surface area contributed by atoms with E-state index in [0.717, 1.165) is 20.4 Å². The van der Waals surface area contributed by atoms with E-state index in [4.69, 9.17) is 4.74 Å². The molecule has 2 N–H and O–H groups in total. The van der Waals surface area contributed by atoms with Gasteiger partial charge in [0.05, 0.1) is 11.6 Å². The predicted molar refractivity (Wildman–Crippen MR) is 83.3 cm³/mol. The zero-order valence-electron chi connectivity index (χ0n) is 10.4. The van der Waals surface area contributed by atoms with Crippen LogP contribution in [0.3, 0.4) is 0 Å². The van der Waals surface area contributed by atoms with Crippen LogP contribution < -0.4 is 15.4 Å². The number of nitrogens with one attached hydrogen (secondary N) is 2. The van der Waals surface area contributed by atoms with Gasteiger partial charge in [0, 0.05) is 29.5 Å². The van der Waals surface area contributed by atoms with Crippen LogP contribution in [0.2, 0.25) is 0 Å². The summed E-state index contributed by atoms with van der Waals surface area (Å²) in [5.41, 5.74) is 0.868. The second-order valence-electron chi connectivity index (χ2n) is 3.64. The minimum Gasteiger partial charge on any atom is -0.497 e. The summed E-state index contributed by atoms with van der Waals surface area (Å²) in [5.74, 6) is 1.99. The first-order chi connectivity index (χ1) is 9.12. The highest BCUT2D eigenvalue weighted by atomic mass is 79.9. The summed E-state index contributed by atoms with van der Waals surface area (Å²) in [6.07, 6.45) is 1.69. The molecule has 0 unspecified atom stereocenters. The molecule has 0 aliphatic carbocycles. The Bertz CT molecular complexity index is 592. The second kappa shape index (κ2) is 6.21. The molecular formula is C12H12Br2N4O. The average Bonchev–Trinajstić information content (AvgIpc) is 2.40. The zero-order chi connectivity index (χ0) is 13.8. The molecule has 0 saturated heterocycles. The van der Waals surface area contributed by atoms with E-state index in [-0.39, 0.29) is 0 Å². The standard InChI is InChI=1S/C12H12Br2N4O/c1-15-12-16-6-10(14)11(18-12)17-8-3-7(13)4-9(5-8)19-2/h3-6H,1-2H3,(H2,15,16,17,18). The van der Waals surface area contributed by atoms with E-state index in [1.54, 1.807) is 20.4 Å². The first kappa shape index (κ1) is 14.1. The molecule has 1 aromatic heterocycles. The first-order valence-electron chi connectivity index (χ1n) is 5.44. The fraction of sp³-hybridized carbons (Fsp3) is 0.167. The topological polar surface area (TPSA) is 59.1 Å². The SMILES string of the molecule is CNc1ncc(Br)c(Nc2cc(Br)cc(OC)c2)n1. The van der Waals surface area contributed by atoms with E-state index in [1.807, 2.05) is 18.2 Å². The predicted octanol–water partition coefficient (Wildman–Crippen LogP) is 3.80. The Morgan fingerprint density at radius 2 is 2.00 bits per heavy atom. The van der Waals surface area contributed by atoms with Gasteiger partial charge in [-0.3, -0.25) is 0 Å². The lowest BCUT2D eigenvalue weighted by molar-refractivity contribution is 0.415. The highest BCUT2D eigenvalue weighted by Gasteiger charge is 2.06. The summed E-state index contributed by atoms with van der Waals surface area (Å²) >= 11 is 6.85. The largest absolute Gasteiger partial charge is 0.497 e. The van der Waals surface area contributed by atoms with Crippen molar-refractivity contribution in [3.63, 3.8) is 0 Å². The molecule has 0 aliphatic rings. The van der Waals surface area contributed by atoms with E-state index >= 15 is 0 Å². The highest BCUT2D eigenvalue weighted by molar-refractivity contribution is 9.10. The maximum atomic E-state index is 5.22. The van der Waals surface area contributed by atoms with Gasteiger partial charge in [-0.1, -0.05) is 15.9 Å². The van der Waals surface area contributed by atoms with Crippen molar-refractivity contribution < 1.29 is 4.74 Å². The summed E-state index contributed by atoms with van der Waals surface area (Å²) in [4.78, 5) is 8.44. The zero-order valence-corrected chi connectivity index (χ0v) is 13.5. The maximum Gasteiger partial charge on any atom is 0.224 e. The van der Waals surface area contributed by atoms with Gasteiger partial charge in [-0.05, 0) is 28.1 Å². The molecule has 100 valence electrons. The van der Waals surface area contributed by atoms with Crippen LogP contribution in [-0.4, -0.2) is 24.1 Å². The summed E-state index contributed by atoms with van der Waals surface area (Å²) in [5, 5.41) is 6.11. The van der Waals surface area contributed by atoms with E-state index < -0.39 is 0 Å². The first-order valence-corrected chi connectivity index (χ1v) is 7.03. The number of nitrogens with zero attached hydrogens (tertiary/aromatic N) is 2. The van der Waals surface area contributed by atoms with Gasteiger partial charge < -0.3 is 15.4 Å². The number of hydrogen-bond acceptors (Lipinski definition) is 5. The third-order valence-corrected chi connectivity index (χ3v) is 3.38. The second-order valence-corrected chi connectivity index (χ2v) is 5.41. The smallest absolute Gasteiger partial charge is 0.224 e. The van der Waals surface area contributed by atoms with Crippen molar-refractivity contribution in [2.75, 3.05) is 24.8 Å². The maximum absolute atomic E-state index is 5.22. The minimum atomic E-state index is 0.549. The Balaban J connectivity index is 2.32. The Morgan fingerprint density at radius 3 is 2.68 bits per heavy atom. The van der Waals surface area contributed by atoms with Gasteiger partial charge >= 0.3 is 0 Å². The summed E-state index contributed by atoms with van der Waals surface area (Å²) in [6.45, 7) is 0. The van der Waals surface area contributed by atoms with Crippen LogP contribution in [-0.2, 0) is 0 Å². The molecule has 5 nitrogen and oxygen atoms in total. The monoisotopic (exact) mass is 386 g/mol. The normalized spacial score (nSPS) is 10.1. The van der Waals surface area contributed by atoms with Crippen molar-refractivity contribution in [1.82, 2.24) is 9.97 Å². The molecule has 0 bridgehead atoms. The van der Waals surface area contributed by atoms with E-state index in [1.165, 1.54) is 0 Å². The summed E-state index contributed by atoms with van der Waals surface area (Å²) in [6, 6.07) is 5.72. The number of anilines is 3. The van der Waals surface area contributed by atoms with Crippen LogP contribution >= 0.6 is 31.9 Å². The van der Waals surface area contributed by atoms with Gasteiger partial charge in [-0.25, -0.2) is 4.98 Å². The van der Waals surface area contributed by atoms with E-state index in [0.29, 0.717) is 11.8 Å². The Kier molecular flexibility index (Phi) is 4.60. The van der Waals surface area contributed by atoms with Crippen LogP contribution in [0.1, 0.15) is 0 Å². The fourth-order valence-electron chi connectivity index (χ4n) is 1.46. The fourth-order valence-corrected chi connectivity index (χ4v) is 2.23. The summed E-state index contributed by atoms with van der Waals surface area (Å²) in [7, 11) is 3.40. The molecular weight excluding hydrogens is 376 g/mol. The highest BCUT2D eigenvalue weighted by Crippen LogP contribution is 2.29. The molecule has 2 rings (SSSR count). The third kappa shape index (κ3) is 3.57. The third-order valence-electron chi connectivity index (χ3n) is 2.34. The van der Waals surface area contributed by atoms with Gasteiger partial charge in [0.25, 0.3) is 0 Å². The van der Waals surface area contributed by atoms with Gasteiger partial charge in [-0.15, -0.1) is 0 Å². The Hall–Kier alpha value is -1.34. The molecule has 0 fully saturated rings. The number of halogens is 2.